The molecule has 3 rings (SSSR count). The number of nitrogens with one attached hydrogen (secondary N) is 1. The molecule has 0 aromatic carbocycles. The Labute approximate surface area is 130 Å². The van der Waals surface area contributed by atoms with Gasteiger partial charge in [-0.25, -0.2) is 9.78 Å². The Hall–Kier alpha value is -2.29. The van der Waals surface area contributed by atoms with Gasteiger partial charge in [0.15, 0.2) is 0 Å². The first-order valence-electron chi connectivity index (χ1n) is 7.81. The van der Waals surface area contributed by atoms with E-state index in [9.17, 15) is 4.79 Å². The van der Waals surface area contributed by atoms with Crippen LogP contribution in [0.15, 0.2) is 18.3 Å². The molecule has 2 atom stereocenters. The number of urea groups is 1. The normalized spacial score (nSPS) is 23.8. The number of hydrogen-bond donors (Lipinski definition) is 1. The van der Waals surface area contributed by atoms with Gasteiger partial charge in [0.05, 0.1) is 11.6 Å². The largest absolute Gasteiger partial charge is 0.353 e. The van der Waals surface area contributed by atoms with Gasteiger partial charge >= 0.3 is 6.03 Å². The molecule has 2 aliphatic rings. The lowest BCUT2D eigenvalue weighted by atomic mass is 10.2. The SMILES string of the molecule is C[C@H]1C[C@@H]1CNC(=O)N1CCN(c2cc(C#N)ccn2)CC1. The van der Waals surface area contributed by atoms with Crippen LogP contribution in [0.1, 0.15) is 18.9 Å². The van der Waals surface area contributed by atoms with Gasteiger partial charge in [0.1, 0.15) is 5.82 Å². The fourth-order valence-electron chi connectivity index (χ4n) is 2.81. The van der Waals surface area contributed by atoms with Crippen LogP contribution in [-0.2, 0) is 0 Å². The number of anilines is 1. The molecule has 2 fully saturated rings. The number of pyridine rings is 1. The lowest BCUT2D eigenvalue weighted by molar-refractivity contribution is 0.193. The number of hydrogen-bond acceptors (Lipinski definition) is 4. The van der Waals surface area contributed by atoms with E-state index in [0.29, 0.717) is 24.6 Å². The Morgan fingerprint density at radius 2 is 2.18 bits per heavy atom. The summed E-state index contributed by atoms with van der Waals surface area (Å²) in [4.78, 5) is 20.4. The second-order valence-electron chi connectivity index (χ2n) is 6.15. The average molecular weight is 299 g/mol. The molecule has 1 N–H and O–H groups in total. The Morgan fingerprint density at radius 3 is 2.82 bits per heavy atom. The average Bonchev–Trinajstić information content (AvgIpc) is 3.28. The van der Waals surface area contributed by atoms with Gasteiger partial charge < -0.3 is 15.1 Å². The topological polar surface area (TPSA) is 72.3 Å². The molecule has 6 nitrogen and oxygen atoms in total. The summed E-state index contributed by atoms with van der Waals surface area (Å²) < 4.78 is 0. The van der Waals surface area contributed by atoms with Gasteiger partial charge in [-0.05, 0) is 30.4 Å². The number of piperazine rings is 1. The van der Waals surface area contributed by atoms with E-state index < -0.39 is 0 Å². The van der Waals surface area contributed by atoms with Crippen molar-refractivity contribution in [1.82, 2.24) is 15.2 Å². The Morgan fingerprint density at radius 1 is 1.45 bits per heavy atom. The standard InChI is InChI=1S/C16H21N5O/c1-12-8-14(12)11-19-16(22)21-6-4-20(5-7-21)15-9-13(10-17)2-3-18-15/h2-3,9,12,14H,4-8,11H2,1H3,(H,19,22)/t12-,14+/m0/s1. The minimum absolute atomic E-state index is 0.0393. The minimum atomic E-state index is 0.0393. The predicted molar refractivity (Wildman–Crippen MR) is 83.4 cm³/mol. The quantitative estimate of drug-likeness (QED) is 0.916. The van der Waals surface area contributed by atoms with Crippen LogP contribution >= 0.6 is 0 Å². The molecule has 0 bridgehead atoms. The zero-order chi connectivity index (χ0) is 15.5. The van der Waals surface area contributed by atoms with E-state index in [1.807, 2.05) is 4.90 Å². The zero-order valence-electron chi connectivity index (χ0n) is 12.8. The highest BCUT2D eigenvalue weighted by Gasteiger charge is 2.33. The number of nitriles is 1. The van der Waals surface area contributed by atoms with Crippen LogP contribution < -0.4 is 10.2 Å². The molecule has 0 spiro atoms. The smallest absolute Gasteiger partial charge is 0.317 e. The number of nitrogens with zero attached hydrogens (tertiary/aromatic N) is 4. The van der Waals surface area contributed by atoms with E-state index in [-0.39, 0.29) is 6.03 Å². The number of aromatic nitrogens is 1. The predicted octanol–water partition coefficient (Wildman–Crippen LogP) is 1.44. The van der Waals surface area contributed by atoms with Crippen molar-refractivity contribution in [3.63, 3.8) is 0 Å². The van der Waals surface area contributed by atoms with Crippen molar-refractivity contribution in [2.24, 2.45) is 11.8 Å². The van der Waals surface area contributed by atoms with Crippen molar-refractivity contribution in [3.8, 4) is 6.07 Å². The highest BCUT2D eigenvalue weighted by Crippen LogP contribution is 2.36. The summed E-state index contributed by atoms with van der Waals surface area (Å²) in [7, 11) is 0. The van der Waals surface area contributed by atoms with Crippen molar-refractivity contribution >= 4 is 11.8 Å². The lowest BCUT2D eigenvalue weighted by Gasteiger charge is -2.35. The summed E-state index contributed by atoms with van der Waals surface area (Å²) in [6.07, 6.45) is 2.89. The van der Waals surface area contributed by atoms with E-state index in [0.717, 1.165) is 31.4 Å². The van der Waals surface area contributed by atoms with Crippen molar-refractivity contribution in [3.05, 3.63) is 23.9 Å². The van der Waals surface area contributed by atoms with Crippen molar-refractivity contribution in [2.75, 3.05) is 37.6 Å². The van der Waals surface area contributed by atoms with Crippen molar-refractivity contribution in [1.29, 1.82) is 5.26 Å². The van der Waals surface area contributed by atoms with Crippen LogP contribution in [0.5, 0.6) is 0 Å². The fraction of sp³-hybridized carbons (Fsp3) is 0.562. The van der Waals surface area contributed by atoms with E-state index >= 15 is 0 Å². The monoisotopic (exact) mass is 299 g/mol. The molecule has 0 unspecified atom stereocenters. The highest BCUT2D eigenvalue weighted by molar-refractivity contribution is 5.74. The van der Waals surface area contributed by atoms with Crippen LogP contribution in [0.4, 0.5) is 10.6 Å². The Bertz CT molecular complexity index is 588. The molecule has 1 aromatic rings. The number of rotatable bonds is 3. The third-order valence-corrected chi connectivity index (χ3v) is 4.56. The number of carbonyl (C=O) groups excluding carboxylic acids is 1. The summed E-state index contributed by atoms with van der Waals surface area (Å²) in [6.45, 7) is 5.88. The molecule has 1 aliphatic heterocycles. The molecular formula is C16H21N5O. The van der Waals surface area contributed by atoms with Gasteiger partial charge in [0, 0.05) is 38.9 Å². The Balaban J connectivity index is 1.49. The second-order valence-corrected chi connectivity index (χ2v) is 6.15. The molecule has 6 heteroatoms. The second kappa shape index (κ2) is 6.22. The third kappa shape index (κ3) is 3.30. The maximum absolute atomic E-state index is 12.1. The van der Waals surface area contributed by atoms with Crippen molar-refractivity contribution < 1.29 is 4.79 Å². The molecule has 1 saturated carbocycles. The van der Waals surface area contributed by atoms with Gasteiger partial charge in [-0.1, -0.05) is 6.92 Å². The van der Waals surface area contributed by atoms with E-state index in [1.54, 1.807) is 18.3 Å². The highest BCUT2D eigenvalue weighted by atomic mass is 16.2. The van der Waals surface area contributed by atoms with Crippen molar-refractivity contribution in [2.45, 2.75) is 13.3 Å². The molecular weight excluding hydrogens is 278 g/mol. The molecule has 1 aliphatic carbocycles. The van der Waals surface area contributed by atoms with E-state index in [4.69, 9.17) is 5.26 Å². The van der Waals surface area contributed by atoms with E-state index in [2.05, 4.69) is 28.2 Å². The summed E-state index contributed by atoms with van der Waals surface area (Å²) >= 11 is 0. The molecule has 1 saturated heterocycles. The van der Waals surface area contributed by atoms with Crippen LogP contribution in [-0.4, -0.2) is 48.6 Å². The van der Waals surface area contributed by atoms with Crippen LogP contribution in [0.2, 0.25) is 0 Å². The third-order valence-electron chi connectivity index (χ3n) is 4.56. The molecule has 2 amide bonds. The van der Waals surface area contributed by atoms with Gasteiger partial charge in [-0.2, -0.15) is 5.26 Å². The molecule has 116 valence electrons. The first kappa shape index (κ1) is 14.6. The molecule has 22 heavy (non-hydrogen) atoms. The first-order chi connectivity index (χ1) is 10.7. The first-order valence-corrected chi connectivity index (χ1v) is 7.81. The van der Waals surface area contributed by atoms with Crippen LogP contribution in [0, 0.1) is 23.2 Å². The van der Waals surface area contributed by atoms with Gasteiger partial charge in [-0.3, -0.25) is 0 Å². The Kier molecular flexibility index (Phi) is 4.14. The number of amides is 2. The maximum atomic E-state index is 12.1. The van der Waals surface area contributed by atoms with E-state index in [1.165, 1.54) is 6.42 Å². The molecule has 0 radical (unpaired) electrons. The summed E-state index contributed by atoms with van der Waals surface area (Å²) in [5, 5.41) is 12.0. The molecule has 1 aromatic heterocycles. The number of carbonyl (C=O) groups is 1. The summed E-state index contributed by atoms with van der Waals surface area (Å²) in [5.74, 6) is 2.24. The zero-order valence-corrected chi connectivity index (χ0v) is 12.8. The fourth-order valence-corrected chi connectivity index (χ4v) is 2.81. The lowest BCUT2D eigenvalue weighted by Crippen LogP contribution is -2.52. The summed E-state index contributed by atoms with van der Waals surface area (Å²) in [5.41, 5.74) is 0.615. The van der Waals surface area contributed by atoms with Gasteiger partial charge in [-0.15, -0.1) is 0 Å². The summed E-state index contributed by atoms with van der Waals surface area (Å²) in [6, 6.07) is 5.66. The maximum Gasteiger partial charge on any atom is 0.317 e. The minimum Gasteiger partial charge on any atom is -0.353 e. The van der Waals surface area contributed by atoms with Gasteiger partial charge in [0.2, 0.25) is 0 Å². The van der Waals surface area contributed by atoms with Gasteiger partial charge in [0.25, 0.3) is 0 Å². The molecule has 2 heterocycles. The van der Waals surface area contributed by atoms with Crippen LogP contribution in [0.25, 0.3) is 0 Å². The van der Waals surface area contributed by atoms with Crippen LogP contribution in [0.3, 0.4) is 0 Å².